The minimum absolute atomic E-state index is 0.0964. The Balaban J connectivity index is 1.56. The Morgan fingerprint density at radius 2 is 1.07 bits per heavy atom. The largest absolute Gasteiger partial charge is 0.480 e. The topological polar surface area (TPSA) is 85.0 Å². The molecule has 4 aromatic carbocycles. The number of hydrogen-bond acceptors (Lipinski definition) is 5. The number of alkyl halides is 6. The maximum absolute atomic E-state index is 13.0. The molecule has 4 aromatic rings. The smallest absolute Gasteiger partial charge is 0.416 e. The average molecular weight is 619 g/mol. The van der Waals surface area contributed by atoms with E-state index in [0.717, 1.165) is 24.3 Å². The van der Waals surface area contributed by atoms with Crippen molar-refractivity contribution in [3.8, 4) is 23.0 Å². The van der Waals surface area contributed by atoms with Crippen molar-refractivity contribution in [2.75, 3.05) is 6.54 Å². The van der Waals surface area contributed by atoms with Crippen LogP contribution < -0.4 is 15.2 Å². The maximum Gasteiger partial charge on any atom is 0.416 e. The van der Waals surface area contributed by atoms with Crippen molar-refractivity contribution in [2.45, 2.75) is 37.9 Å². The molecule has 44 heavy (non-hydrogen) atoms. The fourth-order valence-corrected chi connectivity index (χ4v) is 4.29. The van der Waals surface area contributed by atoms with Gasteiger partial charge in [0.25, 0.3) is 0 Å². The molecule has 6 nitrogen and oxygen atoms in total. The van der Waals surface area contributed by atoms with E-state index in [-0.39, 0.29) is 37.6 Å². The molecule has 0 aliphatic rings. The Hall–Kier alpha value is -4.55. The first-order valence-electron chi connectivity index (χ1n) is 13.4. The van der Waals surface area contributed by atoms with E-state index in [1.54, 1.807) is 48.5 Å². The van der Waals surface area contributed by atoms with Crippen molar-refractivity contribution in [1.82, 2.24) is 4.90 Å². The van der Waals surface area contributed by atoms with Gasteiger partial charge < -0.3 is 20.3 Å². The summed E-state index contributed by atoms with van der Waals surface area (Å²) < 4.78 is 89.7. The minimum atomic E-state index is -4.49. The summed E-state index contributed by atoms with van der Waals surface area (Å²) in [5.41, 5.74) is 5.48. The molecule has 0 spiro atoms. The summed E-state index contributed by atoms with van der Waals surface area (Å²) in [7, 11) is 0. The Morgan fingerprint density at radius 1 is 0.682 bits per heavy atom. The summed E-state index contributed by atoms with van der Waals surface area (Å²) in [6.07, 6.45) is -8.88. The lowest BCUT2D eigenvalue weighted by Crippen LogP contribution is -2.35. The van der Waals surface area contributed by atoms with Crippen molar-refractivity contribution in [3.63, 3.8) is 0 Å². The lowest BCUT2D eigenvalue weighted by Gasteiger charge is -2.25. The number of aliphatic carboxylic acids is 1. The molecular formula is C32H28F6N2O4. The van der Waals surface area contributed by atoms with Crippen LogP contribution >= 0.6 is 0 Å². The van der Waals surface area contributed by atoms with E-state index >= 15 is 0 Å². The van der Waals surface area contributed by atoms with Crippen molar-refractivity contribution in [1.29, 1.82) is 0 Å². The van der Waals surface area contributed by atoms with Gasteiger partial charge in [-0.05, 0) is 67.1 Å². The standard InChI is InChI=1S/C32H28F6N2O4/c33-31(34,35)23-9-13-25(14-10-23)43-28-7-3-1-5-21(28)19-40(18-17-27(39)30(41)42)20-22-6-2-4-8-29(22)44-26-15-11-24(12-16-26)32(36,37)38/h1-16,27H,17-20,39H2,(H,41,42)/t27-/m0/s1. The molecule has 0 radical (unpaired) electrons. The fourth-order valence-electron chi connectivity index (χ4n) is 4.29. The average Bonchev–Trinajstić information content (AvgIpc) is 2.97. The van der Waals surface area contributed by atoms with E-state index in [1.165, 1.54) is 24.3 Å². The zero-order chi connectivity index (χ0) is 31.9. The third-order valence-corrected chi connectivity index (χ3v) is 6.63. The number of rotatable bonds is 12. The Bertz CT molecular complexity index is 1440. The maximum atomic E-state index is 13.0. The Morgan fingerprint density at radius 3 is 1.43 bits per heavy atom. The summed E-state index contributed by atoms with van der Waals surface area (Å²) >= 11 is 0. The predicted octanol–water partition coefficient (Wildman–Crippen LogP) is 8.11. The van der Waals surface area contributed by atoms with Crippen molar-refractivity contribution in [3.05, 3.63) is 119 Å². The number of ether oxygens (including phenoxy) is 2. The molecule has 0 saturated heterocycles. The number of para-hydroxylation sites is 2. The number of nitrogens with two attached hydrogens (primary N) is 1. The zero-order valence-electron chi connectivity index (χ0n) is 23.1. The van der Waals surface area contributed by atoms with Gasteiger partial charge in [-0.2, -0.15) is 26.3 Å². The molecule has 232 valence electrons. The highest BCUT2D eigenvalue weighted by atomic mass is 19.4. The first-order chi connectivity index (χ1) is 20.8. The molecule has 0 unspecified atom stereocenters. The van der Waals surface area contributed by atoms with Crippen LogP contribution in [0.4, 0.5) is 26.3 Å². The van der Waals surface area contributed by atoms with Crippen LogP contribution in [0.2, 0.25) is 0 Å². The SMILES string of the molecule is N[C@@H](CCN(Cc1ccccc1Oc1ccc(C(F)(F)F)cc1)Cc1ccccc1Oc1ccc(C(F)(F)F)cc1)C(=O)O. The van der Waals surface area contributed by atoms with Crippen LogP contribution in [-0.4, -0.2) is 28.6 Å². The van der Waals surface area contributed by atoms with Gasteiger partial charge in [0.05, 0.1) is 11.1 Å². The second-order valence-electron chi connectivity index (χ2n) is 9.91. The second kappa shape index (κ2) is 13.8. The first-order valence-corrected chi connectivity index (χ1v) is 13.4. The quantitative estimate of drug-likeness (QED) is 0.156. The van der Waals surface area contributed by atoms with Crippen molar-refractivity contribution < 1.29 is 45.7 Å². The summed E-state index contributed by atoms with van der Waals surface area (Å²) in [6, 6.07) is 21.2. The highest BCUT2D eigenvalue weighted by molar-refractivity contribution is 5.73. The number of carboxylic acids is 1. The molecule has 0 aliphatic carbocycles. The van der Waals surface area contributed by atoms with Crippen LogP contribution in [0.25, 0.3) is 0 Å². The third-order valence-electron chi connectivity index (χ3n) is 6.63. The van der Waals surface area contributed by atoms with Crippen LogP contribution in [0.1, 0.15) is 28.7 Å². The van der Waals surface area contributed by atoms with Gasteiger partial charge in [0.1, 0.15) is 29.0 Å². The van der Waals surface area contributed by atoms with Gasteiger partial charge in [-0.25, -0.2) is 0 Å². The van der Waals surface area contributed by atoms with Gasteiger partial charge in [-0.15, -0.1) is 0 Å². The lowest BCUT2D eigenvalue weighted by atomic mass is 10.1. The Labute approximate surface area is 249 Å². The van der Waals surface area contributed by atoms with Crippen molar-refractivity contribution >= 4 is 5.97 Å². The molecule has 0 aliphatic heterocycles. The van der Waals surface area contributed by atoms with Gasteiger partial charge >= 0.3 is 18.3 Å². The van der Waals surface area contributed by atoms with E-state index in [2.05, 4.69) is 0 Å². The fraction of sp³-hybridized carbons (Fsp3) is 0.219. The molecule has 4 rings (SSSR count). The third kappa shape index (κ3) is 8.98. The molecule has 0 aromatic heterocycles. The molecule has 1 atom stereocenters. The molecule has 0 bridgehead atoms. The highest BCUT2D eigenvalue weighted by Crippen LogP contribution is 2.34. The van der Waals surface area contributed by atoms with Gasteiger partial charge in [0.15, 0.2) is 0 Å². The molecule has 0 fully saturated rings. The number of carbonyl (C=O) groups is 1. The summed E-state index contributed by atoms with van der Waals surface area (Å²) in [5, 5.41) is 9.31. The molecule has 12 heteroatoms. The molecule has 0 heterocycles. The van der Waals surface area contributed by atoms with E-state index in [9.17, 15) is 36.2 Å². The number of hydrogen-bond donors (Lipinski definition) is 2. The van der Waals surface area contributed by atoms with Crippen LogP contribution in [0.5, 0.6) is 23.0 Å². The molecule has 0 amide bonds. The zero-order valence-corrected chi connectivity index (χ0v) is 23.1. The lowest BCUT2D eigenvalue weighted by molar-refractivity contribution is -0.139. The first kappa shape index (κ1) is 32.4. The van der Waals surface area contributed by atoms with E-state index in [1.807, 2.05) is 4.90 Å². The normalized spacial score (nSPS) is 12.6. The van der Waals surface area contributed by atoms with Gasteiger partial charge in [-0.1, -0.05) is 36.4 Å². The van der Waals surface area contributed by atoms with E-state index < -0.39 is 35.5 Å². The van der Waals surface area contributed by atoms with Crippen LogP contribution in [0.3, 0.4) is 0 Å². The summed E-state index contributed by atoms with van der Waals surface area (Å²) in [6.45, 7) is 0.701. The van der Waals surface area contributed by atoms with Crippen LogP contribution in [0, 0.1) is 0 Å². The van der Waals surface area contributed by atoms with Crippen molar-refractivity contribution in [2.24, 2.45) is 5.73 Å². The van der Waals surface area contributed by atoms with Gasteiger partial charge in [0, 0.05) is 30.8 Å². The summed E-state index contributed by atoms with van der Waals surface area (Å²) in [4.78, 5) is 13.3. The van der Waals surface area contributed by atoms with Crippen LogP contribution in [0.15, 0.2) is 97.1 Å². The van der Waals surface area contributed by atoms with Crippen LogP contribution in [-0.2, 0) is 30.2 Å². The number of carboxylic acid groups (broad SMARTS) is 1. The predicted molar refractivity (Wildman–Crippen MR) is 150 cm³/mol. The minimum Gasteiger partial charge on any atom is -0.480 e. The second-order valence-corrected chi connectivity index (χ2v) is 9.91. The van der Waals surface area contributed by atoms with Gasteiger partial charge in [-0.3, -0.25) is 9.69 Å². The Kier molecular flexibility index (Phi) is 10.2. The van der Waals surface area contributed by atoms with Gasteiger partial charge in [0.2, 0.25) is 0 Å². The van der Waals surface area contributed by atoms with E-state index in [0.29, 0.717) is 22.6 Å². The monoisotopic (exact) mass is 618 g/mol. The number of halogens is 6. The molecule has 3 N–H and O–H groups in total. The summed E-state index contributed by atoms with van der Waals surface area (Å²) in [5.74, 6) is -0.00874. The van der Waals surface area contributed by atoms with E-state index in [4.69, 9.17) is 15.2 Å². The highest BCUT2D eigenvalue weighted by Gasteiger charge is 2.31. The number of benzene rings is 4. The number of nitrogens with zero attached hydrogens (tertiary/aromatic N) is 1. The molecule has 0 saturated carbocycles. The molecular weight excluding hydrogens is 590 g/mol.